The molecule has 1 fully saturated rings. The number of anilines is 1. The number of hydrogen-bond donors (Lipinski definition) is 2. The molecule has 0 saturated carbocycles. The van der Waals surface area contributed by atoms with E-state index < -0.39 is 5.54 Å². The van der Waals surface area contributed by atoms with Crippen LogP contribution in [0.2, 0.25) is 0 Å². The molecule has 1 aliphatic heterocycles. The third-order valence-electron chi connectivity index (χ3n) is 2.42. The molecule has 14 heavy (non-hydrogen) atoms. The zero-order valence-electron chi connectivity index (χ0n) is 7.91. The van der Waals surface area contributed by atoms with E-state index in [1.165, 1.54) is 0 Å². The van der Waals surface area contributed by atoms with Crippen LogP contribution in [0.1, 0.15) is 12.5 Å². The van der Waals surface area contributed by atoms with Crippen molar-refractivity contribution in [2.24, 2.45) is 0 Å². The molecule has 1 unspecified atom stereocenters. The van der Waals surface area contributed by atoms with Gasteiger partial charge < -0.3 is 15.8 Å². The highest BCUT2D eigenvalue weighted by Crippen LogP contribution is 2.25. The topological polar surface area (TPSA) is 64.3 Å². The third kappa shape index (κ3) is 1.39. The first kappa shape index (κ1) is 8.87. The number of hydrogen-bond acceptors (Lipinski definition) is 3. The third-order valence-corrected chi connectivity index (χ3v) is 2.42. The van der Waals surface area contributed by atoms with Gasteiger partial charge in [0.25, 0.3) is 0 Å². The zero-order valence-corrected chi connectivity index (χ0v) is 7.91. The summed E-state index contributed by atoms with van der Waals surface area (Å²) in [6, 6.07) is 7.41. The molecule has 0 bridgehead atoms. The molecule has 2 rings (SSSR count). The maximum absolute atomic E-state index is 10.9. The highest BCUT2D eigenvalue weighted by Gasteiger charge is 2.36. The number of benzene rings is 1. The molecule has 0 radical (unpaired) electrons. The van der Waals surface area contributed by atoms with Crippen molar-refractivity contribution in [3.63, 3.8) is 0 Å². The highest BCUT2D eigenvalue weighted by molar-refractivity contribution is 5.71. The second-order valence-electron chi connectivity index (χ2n) is 3.66. The average molecular weight is 192 g/mol. The van der Waals surface area contributed by atoms with E-state index in [1.54, 1.807) is 0 Å². The van der Waals surface area contributed by atoms with Crippen LogP contribution in [0.15, 0.2) is 24.3 Å². The van der Waals surface area contributed by atoms with Crippen molar-refractivity contribution in [3.8, 4) is 0 Å². The fourth-order valence-electron chi connectivity index (χ4n) is 1.51. The molecular weight excluding hydrogens is 180 g/mol. The number of nitrogen functional groups attached to an aromatic ring is 1. The number of carbonyl (C=O) groups excluding carboxylic acids is 1. The van der Waals surface area contributed by atoms with Gasteiger partial charge in [-0.05, 0) is 24.6 Å². The van der Waals surface area contributed by atoms with Gasteiger partial charge in [0.1, 0.15) is 6.61 Å². The lowest BCUT2D eigenvalue weighted by Gasteiger charge is -2.21. The molecule has 0 spiro atoms. The molecule has 1 heterocycles. The average Bonchev–Trinajstić information content (AvgIpc) is 2.48. The molecule has 0 aromatic heterocycles. The molecule has 74 valence electrons. The molecule has 1 aliphatic rings. The SMILES string of the molecule is CC1(c2ccc(N)cc2)COC(=O)N1. The lowest BCUT2D eigenvalue weighted by atomic mass is 9.94. The summed E-state index contributed by atoms with van der Waals surface area (Å²) in [4.78, 5) is 10.9. The van der Waals surface area contributed by atoms with Gasteiger partial charge in [0, 0.05) is 5.69 Å². The van der Waals surface area contributed by atoms with E-state index in [1.807, 2.05) is 31.2 Å². The molecule has 4 nitrogen and oxygen atoms in total. The summed E-state index contributed by atoms with van der Waals surface area (Å²) in [5, 5.41) is 2.76. The highest BCUT2D eigenvalue weighted by atomic mass is 16.6. The number of cyclic esters (lactones) is 1. The summed E-state index contributed by atoms with van der Waals surface area (Å²) in [7, 11) is 0. The molecule has 0 aliphatic carbocycles. The zero-order chi connectivity index (χ0) is 10.2. The van der Waals surface area contributed by atoms with E-state index in [0.29, 0.717) is 12.3 Å². The fraction of sp³-hybridized carbons (Fsp3) is 0.300. The van der Waals surface area contributed by atoms with Crippen molar-refractivity contribution in [2.75, 3.05) is 12.3 Å². The van der Waals surface area contributed by atoms with Gasteiger partial charge in [-0.1, -0.05) is 12.1 Å². The smallest absolute Gasteiger partial charge is 0.408 e. The van der Waals surface area contributed by atoms with Crippen LogP contribution in [0.4, 0.5) is 10.5 Å². The summed E-state index contributed by atoms with van der Waals surface area (Å²) in [6.45, 7) is 2.28. The van der Waals surface area contributed by atoms with Crippen molar-refractivity contribution in [1.82, 2.24) is 5.32 Å². The first-order chi connectivity index (χ1) is 6.60. The van der Waals surface area contributed by atoms with Gasteiger partial charge in [-0.2, -0.15) is 0 Å². The van der Waals surface area contributed by atoms with E-state index in [9.17, 15) is 4.79 Å². The number of nitrogens with one attached hydrogen (secondary N) is 1. The van der Waals surface area contributed by atoms with Gasteiger partial charge >= 0.3 is 6.09 Å². The van der Waals surface area contributed by atoms with Crippen molar-refractivity contribution >= 4 is 11.8 Å². The van der Waals surface area contributed by atoms with E-state index >= 15 is 0 Å². The van der Waals surface area contributed by atoms with Crippen LogP contribution in [-0.2, 0) is 10.3 Å². The number of nitrogens with two attached hydrogens (primary N) is 1. The number of amides is 1. The quantitative estimate of drug-likeness (QED) is 0.657. The summed E-state index contributed by atoms with van der Waals surface area (Å²) >= 11 is 0. The standard InChI is InChI=1S/C10H12N2O2/c1-10(6-14-9(13)12-10)7-2-4-8(11)5-3-7/h2-5H,6,11H2,1H3,(H,12,13). The fourth-order valence-corrected chi connectivity index (χ4v) is 1.51. The molecular formula is C10H12N2O2. The first-order valence-corrected chi connectivity index (χ1v) is 4.41. The van der Waals surface area contributed by atoms with Gasteiger partial charge in [0.05, 0.1) is 5.54 Å². The van der Waals surface area contributed by atoms with E-state index in [0.717, 1.165) is 5.56 Å². The second kappa shape index (κ2) is 2.90. The largest absolute Gasteiger partial charge is 0.447 e. The monoisotopic (exact) mass is 192 g/mol. The minimum absolute atomic E-state index is 0.357. The van der Waals surface area contributed by atoms with Crippen molar-refractivity contribution in [1.29, 1.82) is 0 Å². The predicted molar refractivity (Wildman–Crippen MR) is 52.7 cm³/mol. The van der Waals surface area contributed by atoms with Crippen LogP contribution in [0, 0.1) is 0 Å². The molecule has 1 atom stereocenters. The van der Waals surface area contributed by atoms with Crippen LogP contribution in [0.25, 0.3) is 0 Å². The molecule has 1 amide bonds. The number of alkyl carbamates (subject to hydrolysis) is 1. The van der Waals surface area contributed by atoms with Crippen LogP contribution in [-0.4, -0.2) is 12.7 Å². The van der Waals surface area contributed by atoms with Crippen molar-refractivity contribution < 1.29 is 9.53 Å². The minimum Gasteiger partial charge on any atom is -0.447 e. The Hall–Kier alpha value is -1.71. The molecule has 4 heteroatoms. The Labute approximate surface area is 82.1 Å². The number of ether oxygens (including phenoxy) is 1. The molecule has 1 aromatic rings. The Kier molecular flexibility index (Phi) is 1.84. The van der Waals surface area contributed by atoms with Gasteiger partial charge in [-0.3, -0.25) is 0 Å². The molecule has 1 aromatic carbocycles. The Morgan fingerprint density at radius 3 is 2.57 bits per heavy atom. The Morgan fingerprint density at radius 1 is 1.43 bits per heavy atom. The summed E-state index contributed by atoms with van der Waals surface area (Å²) in [6.07, 6.45) is -0.371. The van der Waals surface area contributed by atoms with Gasteiger partial charge in [0.15, 0.2) is 0 Å². The maximum atomic E-state index is 10.9. The molecule has 3 N–H and O–H groups in total. The predicted octanol–water partition coefficient (Wildman–Crippen LogP) is 1.22. The van der Waals surface area contributed by atoms with E-state index in [2.05, 4.69) is 5.32 Å². The van der Waals surface area contributed by atoms with Gasteiger partial charge in [-0.15, -0.1) is 0 Å². The van der Waals surface area contributed by atoms with Crippen LogP contribution >= 0.6 is 0 Å². The Bertz CT molecular complexity index is 361. The van der Waals surface area contributed by atoms with Crippen molar-refractivity contribution in [2.45, 2.75) is 12.5 Å². The van der Waals surface area contributed by atoms with E-state index in [-0.39, 0.29) is 6.09 Å². The maximum Gasteiger partial charge on any atom is 0.408 e. The van der Waals surface area contributed by atoms with Gasteiger partial charge in [-0.25, -0.2) is 4.79 Å². The number of rotatable bonds is 1. The second-order valence-corrected chi connectivity index (χ2v) is 3.66. The normalized spacial score (nSPS) is 25.6. The summed E-state index contributed by atoms with van der Waals surface area (Å²) < 4.78 is 4.87. The first-order valence-electron chi connectivity index (χ1n) is 4.41. The summed E-state index contributed by atoms with van der Waals surface area (Å²) in [5.41, 5.74) is 6.86. The Balaban J connectivity index is 2.30. The van der Waals surface area contributed by atoms with Crippen LogP contribution in [0.5, 0.6) is 0 Å². The van der Waals surface area contributed by atoms with Crippen molar-refractivity contribution in [3.05, 3.63) is 29.8 Å². The number of carbonyl (C=O) groups is 1. The Morgan fingerprint density at radius 2 is 2.07 bits per heavy atom. The van der Waals surface area contributed by atoms with Gasteiger partial charge in [0.2, 0.25) is 0 Å². The van der Waals surface area contributed by atoms with Crippen LogP contribution < -0.4 is 11.1 Å². The molecule has 1 saturated heterocycles. The lowest BCUT2D eigenvalue weighted by Crippen LogP contribution is -2.37. The van der Waals surface area contributed by atoms with Crippen LogP contribution in [0.3, 0.4) is 0 Å². The summed E-state index contributed by atoms with van der Waals surface area (Å²) in [5.74, 6) is 0. The lowest BCUT2D eigenvalue weighted by molar-refractivity contribution is 0.173. The minimum atomic E-state index is -0.426. The van der Waals surface area contributed by atoms with E-state index in [4.69, 9.17) is 10.5 Å².